The van der Waals surface area contributed by atoms with Crippen LogP contribution in [0.4, 0.5) is 5.69 Å². The summed E-state index contributed by atoms with van der Waals surface area (Å²) in [4.78, 5) is 42.2. The smallest absolute Gasteiger partial charge is 0.336 e. The number of carboxylic acid groups (broad SMARTS) is 1. The molecule has 2 aromatic heterocycles. The molecule has 2 heterocycles. The van der Waals surface area contributed by atoms with Crippen molar-refractivity contribution in [1.82, 2.24) is 14.5 Å². The van der Waals surface area contributed by atoms with Gasteiger partial charge in [-0.2, -0.15) is 0 Å². The molecule has 9 nitrogen and oxygen atoms in total. The van der Waals surface area contributed by atoms with Crippen LogP contribution >= 0.6 is 12.2 Å². The number of benzene rings is 2. The van der Waals surface area contributed by atoms with E-state index in [0.717, 1.165) is 5.56 Å². The molecular weight excluding hydrogens is 420 g/mol. The molecule has 0 amide bonds. The Kier molecular flexibility index (Phi) is 4.91. The van der Waals surface area contributed by atoms with Gasteiger partial charge in [0.15, 0.2) is 10.4 Å². The van der Waals surface area contributed by atoms with E-state index in [0.29, 0.717) is 11.3 Å². The lowest BCUT2D eigenvalue weighted by molar-refractivity contribution is -0.384. The van der Waals surface area contributed by atoms with Crippen molar-refractivity contribution in [2.45, 2.75) is 6.92 Å². The van der Waals surface area contributed by atoms with Gasteiger partial charge in [-0.25, -0.2) is 9.78 Å². The van der Waals surface area contributed by atoms with E-state index in [4.69, 9.17) is 12.2 Å². The van der Waals surface area contributed by atoms with Crippen LogP contribution in [0.5, 0.6) is 0 Å². The Morgan fingerprint density at radius 1 is 1.19 bits per heavy atom. The number of carboxylic acids is 1. The largest absolute Gasteiger partial charge is 0.478 e. The van der Waals surface area contributed by atoms with E-state index in [1.807, 2.05) is 19.1 Å². The molecule has 0 saturated carbocycles. The minimum Gasteiger partial charge on any atom is -0.478 e. The second-order valence-corrected chi connectivity index (χ2v) is 7.19. The van der Waals surface area contributed by atoms with Crippen molar-refractivity contribution in [3.63, 3.8) is 0 Å². The number of rotatable bonds is 4. The Morgan fingerprint density at radius 3 is 2.61 bits per heavy atom. The third-order valence-corrected chi connectivity index (χ3v) is 4.99. The number of nitro benzene ring substituents is 1. The van der Waals surface area contributed by atoms with Gasteiger partial charge in [0, 0.05) is 17.7 Å². The molecule has 4 rings (SSSR count). The highest BCUT2D eigenvalue weighted by atomic mass is 32.1. The zero-order valence-electron chi connectivity index (χ0n) is 16.0. The van der Waals surface area contributed by atoms with E-state index in [2.05, 4.69) is 9.97 Å². The van der Waals surface area contributed by atoms with Gasteiger partial charge in [-0.15, -0.1) is 0 Å². The summed E-state index contributed by atoms with van der Waals surface area (Å²) in [5.41, 5.74) is 0.913. The maximum absolute atomic E-state index is 12.6. The fourth-order valence-corrected chi connectivity index (χ4v) is 3.62. The Labute approximate surface area is 179 Å². The average molecular weight is 434 g/mol. The lowest BCUT2D eigenvalue weighted by Crippen LogP contribution is -2.18. The van der Waals surface area contributed by atoms with Crippen LogP contribution in [0.15, 0.2) is 59.4 Å². The van der Waals surface area contributed by atoms with Crippen LogP contribution in [0.25, 0.3) is 28.0 Å². The molecule has 0 aliphatic heterocycles. The number of H-pyrrole nitrogens is 1. The first kappa shape index (κ1) is 20.1. The number of aromatic carboxylic acids is 1. The van der Waals surface area contributed by atoms with Gasteiger partial charge in [0.25, 0.3) is 11.2 Å². The van der Waals surface area contributed by atoms with Crippen LogP contribution in [-0.2, 0) is 0 Å². The second kappa shape index (κ2) is 7.58. The maximum atomic E-state index is 12.6. The van der Waals surface area contributed by atoms with Gasteiger partial charge >= 0.3 is 5.97 Å². The molecule has 31 heavy (non-hydrogen) atoms. The first-order valence-corrected chi connectivity index (χ1v) is 9.42. The highest BCUT2D eigenvalue weighted by Crippen LogP contribution is 2.27. The molecule has 0 saturated heterocycles. The van der Waals surface area contributed by atoms with Gasteiger partial charge in [-0.05, 0) is 42.9 Å². The molecule has 154 valence electrons. The van der Waals surface area contributed by atoms with Crippen LogP contribution < -0.4 is 5.56 Å². The Morgan fingerprint density at radius 2 is 1.94 bits per heavy atom. The highest BCUT2D eigenvalue weighted by molar-refractivity contribution is 7.71. The molecule has 10 heteroatoms. The summed E-state index contributed by atoms with van der Waals surface area (Å²) in [6, 6.07) is 14.1. The molecule has 0 aliphatic rings. The lowest BCUT2D eigenvalue weighted by Gasteiger charge is -2.14. The number of aromatic nitrogens is 3. The number of pyridine rings is 1. The predicted octanol–water partition coefficient (Wildman–Crippen LogP) is 4.03. The molecule has 0 fully saturated rings. The normalized spacial score (nSPS) is 10.9. The van der Waals surface area contributed by atoms with Gasteiger partial charge in [-0.3, -0.25) is 24.5 Å². The Hall–Kier alpha value is -4.18. The summed E-state index contributed by atoms with van der Waals surface area (Å²) in [5, 5.41) is 20.8. The van der Waals surface area contributed by atoms with Crippen LogP contribution in [0.3, 0.4) is 0 Å². The molecule has 0 bridgehead atoms. The number of nitro groups is 1. The van der Waals surface area contributed by atoms with E-state index in [1.54, 1.807) is 18.2 Å². The van der Waals surface area contributed by atoms with E-state index in [9.17, 15) is 24.8 Å². The van der Waals surface area contributed by atoms with E-state index in [1.165, 1.54) is 28.8 Å². The number of carbonyl (C=O) groups is 1. The molecule has 2 N–H and O–H groups in total. The van der Waals surface area contributed by atoms with Gasteiger partial charge in [0.1, 0.15) is 0 Å². The maximum Gasteiger partial charge on any atom is 0.336 e. The second-order valence-electron chi connectivity index (χ2n) is 6.80. The van der Waals surface area contributed by atoms with Crippen molar-refractivity contribution >= 4 is 34.9 Å². The van der Waals surface area contributed by atoms with E-state index < -0.39 is 16.5 Å². The third kappa shape index (κ3) is 3.60. The fourth-order valence-electron chi connectivity index (χ4n) is 3.33. The van der Waals surface area contributed by atoms with E-state index >= 15 is 0 Å². The topological polar surface area (TPSA) is 131 Å². The molecule has 0 radical (unpaired) electrons. The first-order chi connectivity index (χ1) is 14.8. The Balaban J connectivity index is 2.15. The number of nitrogens with one attached hydrogen (secondary N) is 1. The molecule has 0 aliphatic carbocycles. The van der Waals surface area contributed by atoms with Crippen LogP contribution in [0.1, 0.15) is 15.9 Å². The number of aromatic amines is 1. The molecule has 0 atom stereocenters. The summed E-state index contributed by atoms with van der Waals surface area (Å²) in [6.45, 7) is 1.88. The van der Waals surface area contributed by atoms with Crippen molar-refractivity contribution in [3.05, 3.63) is 91.0 Å². The molecule has 2 aromatic carbocycles. The van der Waals surface area contributed by atoms with E-state index in [-0.39, 0.29) is 32.7 Å². The van der Waals surface area contributed by atoms with Crippen molar-refractivity contribution in [1.29, 1.82) is 0 Å². The lowest BCUT2D eigenvalue weighted by atomic mass is 10.1. The number of aryl methyl sites for hydroxylation is 1. The zero-order valence-corrected chi connectivity index (χ0v) is 16.8. The van der Waals surface area contributed by atoms with Gasteiger partial charge in [-0.1, -0.05) is 24.3 Å². The number of fused-ring (bicyclic) bond motifs is 1. The summed E-state index contributed by atoms with van der Waals surface area (Å²) < 4.78 is 1.52. The zero-order chi connectivity index (χ0) is 22.3. The van der Waals surface area contributed by atoms with Crippen LogP contribution in [0.2, 0.25) is 0 Å². The minimum absolute atomic E-state index is 0.0424. The van der Waals surface area contributed by atoms with Crippen molar-refractivity contribution in [2.75, 3.05) is 0 Å². The average Bonchev–Trinajstić information content (AvgIpc) is 2.73. The summed E-state index contributed by atoms with van der Waals surface area (Å²) in [5.74, 6) is -1.34. The molecule has 4 aromatic rings. The van der Waals surface area contributed by atoms with Crippen molar-refractivity contribution < 1.29 is 14.8 Å². The Bertz CT molecular complexity index is 1510. The standard InChI is InChI=1S/C21H14N4O5S/c1-11-4-2-6-13(8-11)24-18-17(19(26)23-21(24)31)15(20(27)28)10-16(22-18)12-5-3-7-14(9-12)25(29)30/h2-10H,1H3,(H,27,28)(H,23,26,31). The summed E-state index contributed by atoms with van der Waals surface area (Å²) in [6.07, 6.45) is 0. The highest BCUT2D eigenvalue weighted by Gasteiger charge is 2.20. The SMILES string of the molecule is Cc1cccc(-n2c(=S)[nH]c(=O)c3c(C(=O)O)cc(-c4cccc([N+](=O)[O-])c4)nc32)c1. The third-order valence-electron chi connectivity index (χ3n) is 4.71. The van der Waals surface area contributed by atoms with Gasteiger partial charge in [0.2, 0.25) is 0 Å². The molecular formula is C21H14N4O5S. The van der Waals surface area contributed by atoms with Gasteiger partial charge < -0.3 is 5.11 Å². The molecule has 0 spiro atoms. The van der Waals surface area contributed by atoms with Crippen LogP contribution in [0, 0.1) is 21.8 Å². The monoisotopic (exact) mass is 434 g/mol. The van der Waals surface area contributed by atoms with Gasteiger partial charge in [0.05, 0.1) is 27.3 Å². The van der Waals surface area contributed by atoms with Crippen molar-refractivity contribution in [2.24, 2.45) is 0 Å². The summed E-state index contributed by atoms with van der Waals surface area (Å²) >= 11 is 5.35. The number of hydrogen-bond donors (Lipinski definition) is 2. The minimum atomic E-state index is -1.34. The molecule has 0 unspecified atom stereocenters. The first-order valence-electron chi connectivity index (χ1n) is 9.01. The number of non-ortho nitro benzene ring substituents is 1. The number of hydrogen-bond acceptors (Lipinski definition) is 6. The quantitative estimate of drug-likeness (QED) is 0.282. The fraction of sp³-hybridized carbons (Fsp3) is 0.0476. The number of nitrogens with zero attached hydrogens (tertiary/aromatic N) is 3. The van der Waals surface area contributed by atoms with Crippen molar-refractivity contribution in [3.8, 4) is 16.9 Å². The summed E-state index contributed by atoms with van der Waals surface area (Å²) in [7, 11) is 0. The predicted molar refractivity (Wildman–Crippen MR) is 116 cm³/mol. The van der Waals surface area contributed by atoms with Crippen LogP contribution in [-0.4, -0.2) is 30.5 Å².